The van der Waals surface area contributed by atoms with Gasteiger partial charge in [0.2, 0.25) is 0 Å². The van der Waals surface area contributed by atoms with E-state index in [1.165, 1.54) is 4.90 Å². The number of aryl methyl sites for hydroxylation is 1. The number of nitrogens with zero attached hydrogens (tertiary/aromatic N) is 3. The molecule has 0 aliphatic heterocycles. The maximum Gasteiger partial charge on any atom is 0.338 e. The van der Waals surface area contributed by atoms with E-state index in [0.717, 1.165) is 5.56 Å². The highest BCUT2D eigenvalue weighted by Crippen LogP contribution is 2.23. The number of nitrogens with one attached hydrogen (secondary N) is 1. The highest BCUT2D eigenvalue weighted by molar-refractivity contribution is 5.92. The Morgan fingerprint density at radius 2 is 1.69 bits per heavy atom. The van der Waals surface area contributed by atoms with Crippen LogP contribution < -0.4 is 10.9 Å². The molecule has 36 heavy (non-hydrogen) atoms. The zero-order valence-electron chi connectivity index (χ0n) is 20.7. The summed E-state index contributed by atoms with van der Waals surface area (Å²) < 4.78 is 6.55. The number of carbonyl (C=O) groups is 2. The summed E-state index contributed by atoms with van der Waals surface area (Å²) in [5, 5.41) is 3.33. The molecular weight excluding hydrogens is 456 g/mol. The molecule has 0 aliphatic rings. The van der Waals surface area contributed by atoms with Gasteiger partial charge in [0.25, 0.3) is 5.56 Å². The summed E-state index contributed by atoms with van der Waals surface area (Å²) in [5.74, 6) is 0.0236. The van der Waals surface area contributed by atoms with Crippen molar-refractivity contribution in [2.24, 2.45) is 0 Å². The second-order valence-electron chi connectivity index (χ2n) is 8.48. The Kier molecular flexibility index (Phi) is 7.15. The average molecular weight is 485 g/mol. The quantitative estimate of drug-likeness (QED) is 0.385. The van der Waals surface area contributed by atoms with Gasteiger partial charge in [0.15, 0.2) is 0 Å². The van der Waals surface area contributed by atoms with Crippen molar-refractivity contribution in [1.29, 1.82) is 0 Å². The number of hydrogen-bond donors (Lipinski definition) is 1. The molecule has 0 fully saturated rings. The maximum absolute atomic E-state index is 13.5. The molecule has 1 atom stereocenters. The Morgan fingerprint density at radius 1 is 1.03 bits per heavy atom. The number of hydrogen-bond acceptors (Lipinski definition) is 5. The second-order valence-corrected chi connectivity index (χ2v) is 8.48. The van der Waals surface area contributed by atoms with E-state index in [4.69, 9.17) is 9.72 Å². The van der Waals surface area contributed by atoms with Crippen molar-refractivity contribution in [3.63, 3.8) is 0 Å². The SMILES string of the molecule is CCOC(=O)c1ccc(NC(=O)N(C)C(C)c2nc3ccccc3c(=O)n2-c2ccc(C)cc2)cc1. The zero-order chi connectivity index (χ0) is 25.8. The van der Waals surface area contributed by atoms with Crippen molar-refractivity contribution in [3.8, 4) is 5.69 Å². The molecule has 184 valence electrons. The molecule has 0 saturated heterocycles. The van der Waals surface area contributed by atoms with Crippen molar-refractivity contribution >= 4 is 28.6 Å². The number of urea groups is 1. The predicted octanol–water partition coefficient (Wildman–Crippen LogP) is 5.10. The Hall–Kier alpha value is -4.46. The number of esters is 1. The Balaban J connectivity index is 1.66. The molecule has 1 N–H and O–H groups in total. The third-order valence-electron chi connectivity index (χ3n) is 6.02. The van der Waals surface area contributed by atoms with Gasteiger partial charge in [-0.05, 0) is 69.3 Å². The Bertz CT molecular complexity index is 1460. The van der Waals surface area contributed by atoms with Crippen molar-refractivity contribution in [1.82, 2.24) is 14.5 Å². The van der Waals surface area contributed by atoms with E-state index in [2.05, 4.69) is 5.32 Å². The minimum absolute atomic E-state index is 0.199. The first-order chi connectivity index (χ1) is 17.3. The van der Waals surface area contributed by atoms with E-state index in [1.807, 2.05) is 44.2 Å². The van der Waals surface area contributed by atoms with Gasteiger partial charge in [0, 0.05) is 12.7 Å². The van der Waals surface area contributed by atoms with Crippen molar-refractivity contribution in [2.45, 2.75) is 26.8 Å². The van der Waals surface area contributed by atoms with Crippen LogP contribution >= 0.6 is 0 Å². The number of fused-ring (bicyclic) bond motifs is 1. The van der Waals surface area contributed by atoms with Crippen LogP contribution in [0.15, 0.2) is 77.6 Å². The van der Waals surface area contributed by atoms with Gasteiger partial charge in [-0.2, -0.15) is 0 Å². The lowest BCUT2D eigenvalue weighted by molar-refractivity contribution is 0.0526. The van der Waals surface area contributed by atoms with E-state index in [0.29, 0.717) is 33.7 Å². The summed E-state index contributed by atoms with van der Waals surface area (Å²) >= 11 is 0. The summed E-state index contributed by atoms with van der Waals surface area (Å²) in [6, 6.07) is 20.3. The van der Waals surface area contributed by atoms with Gasteiger partial charge in [0.1, 0.15) is 5.82 Å². The highest BCUT2D eigenvalue weighted by atomic mass is 16.5. The minimum Gasteiger partial charge on any atom is -0.462 e. The first-order valence-corrected chi connectivity index (χ1v) is 11.7. The zero-order valence-corrected chi connectivity index (χ0v) is 20.7. The van der Waals surface area contributed by atoms with Gasteiger partial charge in [0.05, 0.1) is 34.8 Å². The second kappa shape index (κ2) is 10.4. The lowest BCUT2D eigenvalue weighted by Crippen LogP contribution is -2.37. The highest BCUT2D eigenvalue weighted by Gasteiger charge is 2.24. The monoisotopic (exact) mass is 484 g/mol. The van der Waals surface area contributed by atoms with Crippen molar-refractivity contribution in [3.05, 3.63) is 100 Å². The standard InChI is InChI=1S/C28H28N4O4/c1-5-36-27(34)20-12-14-21(15-13-20)29-28(35)31(4)19(3)25-30-24-9-7-6-8-23(24)26(33)32(25)22-16-10-18(2)11-17-22/h6-17,19H,5H2,1-4H3,(H,29,35). The molecule has 0 spiro atoms. The van der Waals surface area contributed by atoms with Gasteiger partial charge in [-0.3, -0.25) is 9.36 Å². The molecule has 3 aromatic carbocycles. The van der Waals surface area contributed by atoms with E-state index >= 15 is 0 Å². The number of para-hydroxylation sites is 1. The molecule has 0 saturated carbocycles. The van der Waals surface area contributed by atoms with Crippen LogP contribution in [0.1, 0.15) is 41.6 Å². The lowest BCUT2D eigenvalue weighted by Gasteiger charge is -2.27. The van der Waals surface area contributed by atoms with Crippen LogP contribution in [0.4, 0.5) is 10.5 Å². The van der Waals surface area contributed by atoms with Crippen LogP contribution in [0.25, 0.3) is 16.6 Å². The normalized spacial score (nSPS) is 11.7. The molecule has 0 aliphatic carbocycles. The molecule has 8 heteroatoms. The topological polar surface area (TPSA) is 93.5 Å². The third-order valence-corrected chi connectivity index (χ3v) is 6.02. The van der Waals surface area contributed by atoms with Crippen LogP contribution in [-0.4, -0.2) is 40.1 Å². The van der Waals surface area contributed by atoms with Gasteiger partial charge < -0.3 is 15.0 Å². The maximum atomic E-state index is 13.5. The summed E-state index contributed by atoms with van der Waals surface area (Å²) in [7, 11) is 1.65. The van der Waals surface area contributed by atoms with Crippen molar-refractivity contribution < 1.29 is 14.3 Å². The fraction of sp³-hybridized carbons (Fsp3) is 0.214. The molecular formula is C28H28N4O4. The van der Waals surface area contributed by atoms with Gasteiger partial charge in [-0.25, -0.2) is 14.6 Å². The lowest BCUT2D eigenvalue weighted by atomic mass is 10.1. The molecule has 0 bridgehead atoms. The van der Waals surface area contributed by atoms with Crippen LogP contribution in [0.5, 0.6) is 0 Å². The van der Waals surface area contributed by atoms with E-state index in [-0.39, 0.29) is 18.2 Å². The first kappa shape index (κ1) is 24.7. The fourth-order valence-corrected chi connectivity index (χ4v) is 3.84. The summed E-state index contributed by atoms with van der Waals surface area (Å²) in [6.07, 6.45) is 0. The molecule has 4 aromatic rings. The third kappa shape index (κ3) is 4.98. The number of carbonyl (C=O) groups excluding carboxylic acids is 2. The van der Waals surface area contributed by atoms with Crippen LogP contribution in [0.2, 0.25) is 0 Å². The predicted molar refractivity (Wildman–Crippen MR) is 140 cm³/mol. The van der Waals surface area contributed by atoms with Gasteiger partial charge in [-0.15, -0.1) is 0 Å². The van der Waals surface area contributed by atoms with Gasteiger partial charge >= 0.3 is 12.0 Å². The van der Waals surface area contributed by atoms with E-state index in [9.17, 15) is 14.4 Å². The van der Waals surface area contributed by atoms with Crippen molar-refractivity contribution in [2.75, 3.05) is 19.0 Å². The van der Waals surface area contributed by atoms with Crippen LogP contribution in [-0.2, 0) is 4.74 Å². The van der Waals surface area contributed by atoms with E-state index in [1.54, 1.807) is 61.0 Å². The molecule has 2 amide bonds. The first-order valence-electron chi connectivity index (χ1n) is 11.7. The number of benzene rings is 3. The number of rotatable bonds is 6. The molecule has 1 heterocycles. The Labute approximate surface area is 209 Å². The number of ether oxygens (including phenoxy) is 1. The Morgan fingerprint density at radius 3 is 2.36 bits per heavy atom. The summed E-state index contributed by atoms with van der Waals surface area (Å²) in [6.45, 7) is 5.83. The largest absolute Gasteiger partial charge is 0.462 e. The average Bonchev–Trinajstić information content (AvgIpc) is 2.89. The fourth-order valence-electron chi connectivity index (χ4n) is 3.84. The number of amides is 2. The van der Waals surface area contributed by atoms with E-state index < -0.39 is 12.0 Å². The van der Waals surface area contributed by atoms with Crippen LogP contribution in [0.3, 0.4) is 0 Å². The molecule has 4 rings (SSSR count). The number of aromatic nitrogens is 2. The summed E-state index contributed by atoms with van der Waals surface area (Å²) in [5.41, 5.74) is 3.04. The van der Waals surface area contributed by atoms with Crippen LogP contribution in [0, 0.1) is 6.92 Å². The molecule has 1 unspecified atom stereocenters. The smallest absolute Gasteiger partial charge is 0.338 e. The number of anilines is 1. The molecule has 8 nitrogen and oxygen atoms in total. The molecule has 1 aromatic heterocycles. The minimum atomic E-state index is -0.539. The van der Waals surface area contributed by atoms with Gasteiger partial charge in [-0.1, -0.05) is 29.8 Å². The summed E-state index contributed by atoms with van der Waals surface area (Å²) in [4.78, 5) is 44.8. The molecule has 0 radical (unpaired) electrons.